The summed E-state index contributed by atoms with van der Waals surface area (Å²) in [6.07, 6.45) is 0.786. The van der Waals surface area contributed by atoms with Crippen LogP contribution in [0.25, 0.3) is 0 Å². The molecule has 3 rings (SSSR count). The van der Waals surface area contributed by atoms with E-state index < -0.39 is 0 Å². The fourth-order valence-corrected chi connectivity index (χ4v) is 3.37. The molecule has 0 saturated carbocycles. The molecular weight excluding hydrogens is 294 g/mol. The Hall–Kier alpha value is -1.92. The summed E-state index contributed by atoms with van der Waals surface area (Å²) < 4.78 is 5.36. The van der Waals surface area contributed by atoms with E-state index in [-0.39, 0.29) is 30.5 Å². The molecule has 1 aromatic carbocycles. The van der Waals surface area contributed by atoms with Crippen molar-refractivity contribution in [3.63, 3.8) is 0 Å². The molecule has 2 heterocycles. The van der Waals surface area contributed by atoms with Crippen LogP contribution in [0.15, 0.2) is 30.3 Å². The third-order valence-corrected chi connectivity index (χ3v) is 4.73. The van der Waals surface area contributed by atoms with Gasteiger partial charge in [0.1, 0.15) is 6.54 Å². The summed E-state index contributed by atoms with van der Waals surface area (Å²) in [5.74, 6) is 0.00727. The second kappa shape index (κ2) is 6.68. The SMILES string of the molecule is CO[C@H]1C[C@@H](C(=O)N2CCN(c3ccccc3)C(=O)C2)N(C)C1. The quantitative estimate of drug-likeness (QED) is 0.818. The van der Waals surface area contributed by atoms with Crippen LogP contribution in [0.5, 0.6) is 0 Å². The van der Waals surface area contributed by atoms with Gasteiger partial charge in [-0.1, -0.05) is 18.2 Å². The topological polar surface area (TPSA) is 53.1 Å². The highest BCUT2D eigenvalue weighted by atomic mass is 16.5. The monoisotopic (exact) mass is 317 g/mol. The molecule has 0 aromatic heterocycles. The minimum Gasteiger partial charge on any atom is -0.380 e. The Morgan fingerprint density at radius 1 is 1.22 bits per heavy atom. The highest BCUT2D eigenvalue weighted by Gasteiger charge is 2.39. The molecule has 0 aliphatic carbocycles. The smallest absolute Gasteiger partial charge is 0.246 e. The van der Waals surface area contributed by atoms with Crippen LogP contribution in [0.2, 0.25) is 0 Å². The molecule has 2 saturated heterocycles. The van der Waals surface area contributed by atoms with Gasteiger partial charge in [-0.25, -0.2) is 0 Å². The van der Waals surface area contributed by atoms with Crippen LogP contribution in [0, 0.1) is 0 Å². The van der Waals surface area contributed by atoms with Gasteiger partial charge in [0.05, 0.1) is 12.1 Å². The number of likely N-dealkylation sites (N-methyl/N-ethyl adjacent to an activating group) is 1. The highest BCUT2D eigenvalue weighted by Crippen LogP contribution is 2.22. The molecule has 2 fully saturated rings. The van der Waals surface area contributed by atoms with Crippen LogP contribution >= 0.6 is 0 Å². The van der Waals surface area contributed by atoms with E-state index in [0.29, 0.717) is 19.5 Å². The van der Waals surface area contributed by atoms with E-state index in [1.807, 2.05) is 42.3 Å². The lowest BCUT2D eigenvalue weighted by Gasteiger charge is -2.36. The van der Waals surface area contributed by atoms with E-state index in [9.17, 15) is 9.59 Å². The summed E-state index contributed by atoms with van der Waals surface area (Å²) in [6, 6.07) is 9.41. The summed E-state index contributed by atoms with van der Waals surface area (Å²) in [6.45, 7) is 2.01. The van der Waals surface area contributed by atoms with Gasteiger partial charge in [0.15, 0.2) is 0 Å². The van der Waals surface area contributed by atoms with Gasteiger partial charge < -0.3 is 14.5 Å². The average molecular weight is 317 g/mol. The first-order valence-corrected chi connectivity index (χ1v) is 7.97. The number of likely N-dealkylation sites (tertiary alicyclic amines) is 1. The van der Waals surface area contributed by atoms with E-state index in [2.05, 4.69) is 0 Å². The maximum atomic E-state index is 12.7. The second-order valence-corrected chi connectivity index (χ2v) is 6.19. The van der Waals surface area contributed by atoms with Crippen molar-refractivity contribution in [2.24, 2.45) is 0 Å². The number of para-hydroxylation sites is 1. The first-order valence-electron chi connectivity index (χ1n) is 7.97. The minimum absolute atomic E-state index is 0.0280. The van der Waals surface area contributed by atoms with Gasteiger partial charge in [-0.2, -0.15) is 0 Å². The predicted octanol–water partition coefficient (Wildman–Crippen LogP) is 0.581. The summed E-state index contributed by atoms with van der Waals surface area (Å²) in [4.78, 5) is 30.6. The van der Waals surface area contributed by atoms with Gasteiger partial charge in [0.2, 0.25) is 11.8 Å². The number of ether oxygens (including phenoxy) is 1. The molecule has 1 aromatic rings. The number of hydrogen-bond donors (Lipinski definition) is 0. The first kappa shape index (κ1) is 16.0. The Morgan fingerprint density at radius 2 is 1.96 bits per heavy atom. The Bertz CT molecular complexity index is 578. The number of anilines is 1. The number of benzene rings is 1. The third-order valence-electron chi connectivity index (χ3n) is 4.73. The Kier molecular flexibility index (Phi) is 4.63. The van der Waals surface area contributed by atoms with Crippen LogP contribution in [0.1, 0.15) is 6.42 Å². The zero-order valence-electron chi connectivity index (χ0n) is 13.6. The van der Waals surface area contributed by atoms with Crippen LogP contribution in [0.3, 0.4) is 0 Å². The molecule has 2 atom stereocenters. The second-order valence-electron chi connectivity index (χ2n) is 6.19. The van der Waals surface area contributed by atoms with Crippen molar-refractivity contribution in [1.29, 1.82) is 0 Å². The average Bonchev–Trinajstić information content (AvgIpc) is 2.96. The number of amides is 2. The normalized spacial score (nSPS) is 25.9. The summed E-state index contributed by atoms with van der Waals surface area (Å²) in [5.41, 5.74) is 0.891. The van der Waals surface area contributed by atoms with E-state index in [1.54, 1.807) is 16.9 Å². The number of hydrogen-bond acceptors (Lipinski definition) is 4. The van der Waals surface area contributed by atoms with Crippen molar-refractivity contribution in [2.45, 2.75) is 18.6 Å². The standard InChI is InChI=1S/C17H23N3O3/c1-18-11-14(23-2)10-15(18)17(22)19-8-9-20(16(21)12-19)13-6-4-3-5-7-13/h3-7,14-15H,8-12H2,1-2H3/t14-,15-/m0/s1. The summed E-state index contributed by atoms with van der Waals surface area (Å²) in [7, 11) is 3.61. The van der Waals surface area contributed by atoms with Crippen LogP contribution in [0.4, 0.5) is 5.69 Å². The zero-order valence-corrected chi connectivity index (χ0v) is 13.6. The van der Waals surface area contributed by atoms with E-state index in [4.69, 9.17) is 4.74 Å². The van der Waals surface area contributed by atoms with Crippen molar-refractivity contribution < 1.29 is 14.3 Å². The van der Waals surface area contributed by atoms with Crippen molar-refractivity contribution >= 4 is 17.5 Å². The number of carbonyl (C=O) groups is 2. The molecule has 2 aliphatic rings. The molecule has 6 nitrogen and oxygen atoms in total. The summed E-state index contributed by atoms with van der Waals surface area (Å²) in [5, 5.41) is 0. The molecule has 0 bridgehead atoms. The van der Waals surface area contributed by atoms with Crippen molar-refractivity contribution in [2.75, 3.05) is 45.2 Å². The first-order chi connectivity index (χ1) is 11.1. The van der Waals surface area contributed by atoms with Gasteiger partial charge >= 0.3 is 0 Å². The molecule has 0 unspecified atom stereocenters. The lowest BCUT2D eigenvalue weighted by molar-refractivity contribution is -0.140. The van der Waals surface area contributed by atoms with Gasteiger partial charge in [-0.15, -0.1) is 0 Å². The maximum Gasteiger partial charge on any atom is 0.246 e. The fraction of sp³-hybridized carbons (Fsp3) is 0.529. The van der Waals surface area contributed by atoms with Gasteiger partial charge in [-0.3, -0.25) is 14.5 Å². The van der Waals surface area contributed by atoms with Crippen molar-refractivity contribution in [3.05, 3.63) is 30.3 Å². The molecule has 0 N–H and O–H groups in total. The van der Waals surface area contributed by atoms with Crippen LogP contribution < -0.4 is 4.90 Å². The Labute approximate surface area is 136 Å². The highest BCUT2D eigenvalue weighted by molar-refractivity contribution is 5.98. The lowest BCUT2D eigenvalue weighted by Crippen LogP contribution is -2.55. The maximum absolute atomic E-state index is 12.7. The lowest BCUT2D eigenvalue weighted by atomic mass is 10.1. The van der Waals surface area contributed by atoms with E-state index >= 15 is 0 Å². The van der Waals surface area contributed by atoms with Gasteiger partial charge in [0, 0.05) is 32.4 Å². The Morgan fingerprint density at radius 3 is 2.57 bits per heavy atom. The van der Waals surface area contributed by atoms with Crippen LogP contribution in [-0.4, -0.2) is 74.1 Å². The van der Waals surface area contributed by atoms with Gasteiger partial charge in [-0.05, 0) is 25.6 Å². The zero-order chi connectivity index (χ0) is 16.4. The minimum atomic E-state index is -0.184. The van der Waals surface area contributed by atoms with Crippen molar-refractivity contribution in [3.8, 4) is 0 Å². The molecule has 0 spiro atoms. The molecule has 0 radical (unpaired) electrons. The predicted molar refractivity (Wildman–Crippen MR) is 87.2 cm³/mol. The van der Waals surface area contributed by atoms with Gasteiger partial charge in [0.25, 0.3) is 0 Å². The molecule has 2 amide bonds. The van der Waals surface area contributed by atoms with E-state index in [1.165, 1.54) is 0 Å². The number of piperazine rings is 1. The fourth-order valence-electron chi connectivity index (χ4n) is 3.37. The number of nitrogens with zero attached hydrogens (tertiary/aromatic N) is 3. The number of rotatable bonds is 3. The number of carbonyl (C=O) groups excluding carboxylic acids is 2. The Balaban J connectivity index is 1.64. The molecule has 6 heteroatoms. The molecule has 2 aliphatic heterocycles. The summed E-state index contributed by atoms with van der Waals surface area (Å²) >= 11 is 0. The number of methoxy groups -OCH3 is 1. The molecule has 23 heavy (non-hydrogen) atoms. The molecular formula is C17H23N3O3. The third kappa shape index (κ3) is 3.23. The molecule has 124 valence electrons. The van der Waals surface area contributed by atoms with Crippen LogP contribution in [-0.2, 0) is 14.3 Å². The van der Waals surface area contributed by atoms with E-state index in [0.717, 1.165) is 12.2 Å². The largest absolute Gasteiger partial charge is 0.380 e. The van der Waals surface area contributed by atoms with Crippen molar-refractivity contribution in [1.82, 2.24) is 9.80 Å².